The van der Waals surface area contributed by atoms with Gasteiger partial charge in [0.15, 0.2) is 0 Å². The van der Waals surface area contributed by atoms with Crippen molar-refractivity contribution in [2.24, 2.45) is 0 Å². The van der Waals surface area contributed by atoms with Crippen molar-refractivity contribution in [3.63, 3.8) is 0 Å². The topological polar surface area (TPSA) is 35.2 Å². The Bertz CT molecular complexity index is 912. The molecule has 1 unspecified atom stereocenters. The maximum atomic E-state index is 4.35. The number of hydrogen-bond acceptors (Lipinski definition) is 3. The molecule has 1 aromatic heterocycles. The van der Waals surface area contributed by atoms with Crippen LogP contribution in [0.15, 0.2) is 54.7 Å². The summed E-state index contributed by atoms with van der Waals surface area (Å²) in [4.78, 5) is 5.14. The van der Waals surface area contributed by atoms with E-state index in [9.17, 15) is 0 Å². The summed E-state index contributed by atoms with van der Waals surface area (Å²) in [5.74, 6) is 0. The molecule has 0 radical (unpaired) electrons. The molecular weight excluding hydrogens is 344 g/mol. The molecule has 4 heteroatoms. The predicted molar refractivity (Wildman–Crippen MR) is 115 cm³/mol. The number of aryl methyl sites for hydroxylation is 2. The van der Waals surface area contributed by atoms with Crippen LogP contribution in [0, 0.1) is 13.8 Å². The molecule has 0 bridgehead atoms. The van der Waals surface area contributed by atoms with Gasteiger partial charge in [-0.15, -0.1) is 0 Å². The van der Waals surface area contributed by atoms with Gasteiger partial charge in [-0.2, -0.15) is 5.10 Å². The van der Waals surface area contributed by atoms with Crippen molar-refractivity contribution in [3.05, 3.63) is 77.1 Å². The van der Waals surface area contributed by atoms with E-state index in [2.05, 4.69) is 89.3 Å². The zero-order chi connectivity index (χ0) is 19.5. The molecule has 0 amide bonds. The van der Waals surface area contributed by atoms with Crippen LogP contribution in [0.5, 0.6) is 0 Å². The van der Waals surface area contributed by atoms with Gasteiger partial charge in [-0.05, 0) is 37.5 Å². The van der Waals surface area contributed by atoms with Crippen LogP contribution in [-0.2, 0) is 13.1 Å². The number of hydrogen-bond donors (Lipinski definition) is 1. The third-order valence-corrected chi connectivity index (χ3v) is 5.89. The lowest BCUT2D eigenvalue weighted by molar-refractivity contribution is 0.0724. The maximum absolute atomic E-state index is 4.35. The number of nitrogens with one attached hydrogen (secondary N) is 1. The van der Waals surface area contributed by atoms with Gasteiger partial charge in [0.25, 0.3) is 0 Å². The van der Waals surface area contributed by atoms with Crippen molar-refractivity contribution in [1.29, 1.82) is 0 Å². The fourth-order valence-corrected chi connectivity index (χ4v) is 4.14. The van der Waals surface area contributed by atoms with Crippen molar-refractivity contribution < 1.29 is 0 Å². The molecule has 1 aliphatic heterocycles. The van der Waals surface area contributed by atoms with Crippen LogP contribution < -0.4 is 0 Å². The first kappa shape index (κ1) is 18.9. The molecule has 3 aromatic rings. The minimum atomic E-state index is 0.521. The van der Waals surface area contributed by atoms with E-state index in [1.54, 1.807) is 0 Å². The van der Waals surface area contributed by atoms with Gasteiger partial charge >= 0.3 is 0 Å². The molecule has 1 fully saturated rings. The third kappa shape index (κ3) is 4.18. The zero-order valence-electron chi connectivity index (χ0n) is 17.2. The van der Waals surface area contributed by atoms with E-state index in [1.165, 1.54) is 33.5 Å². The van der Waals surface area contributed by atoms with Crippen LogP contribution in [0.2, 0.25) is 0 Å². The molecule has 146 valence electrons. The molecular formula is C24H30N4. The van der Waals surface area contributed by atoms with Crippen molar-refractivity contribution in [3.8, 4) is 11.1 Å². The lowest BCUT2D eigenvalue weighted by Crippen LogP contribution is -2.51. The van der Waals surface area contributed by atoms with Crippen LogP contribution in [0.4, 0.5) is 0 Å². The number of aromatic nitrogens is 2. The molecule has 1 atom stereocenters. The Hall–Kier alpha value is -2.43. The number of aromatic amines is 1. The Morgan fingerprint density at radius 3 is 2.50 bits per heavy atom. The van der Waals surface area contributed by atoms with Gasteiger partial charge < -0.3 is 0 Å². The van der Waals surface area contributed by atoms with Gasteiger partial charge in [0, 0.05) is 44.3 Å². The SMILES string of the molecule is Cc1ccc(CN2CCN(Cc3[nH]ncc3-c3ccccc3C)C(C)C2)cc1. The van der Waals surface area contributed by atoms with E-state index in [1.807, 2.05) is 6.20 Å². The van der Waals surface area contributed by atoms with Crippen molar-refractivity contribution in [2.75, 3.05) is 19.6 Å². The zero-order valence-corrected chi connectivity index (χ0v) is 17.2. The first-order valence-corrected chi connectivity index (χ1v) is 10.2. The third-order valence-electron chi connectivity index (χ3n) is 5.89. The van der Waals surface area contributed by atoms with Crippen molar-refractivity contribution in [2.45, 2.75) is 39.9 Å². The highest BCUT2D eigenvalue weighted by Crippen LogP contribution is 2.27. The molecule has 4 nitrogen and oxygen atoms in total. The van der Waals surface area contributed by atoms with Crippen LogP contribution in [0.3, 0.4) is 0 Å². The summed E-state index contributed by atoms with van der Waals surface area (Å²) in [5, 5.41) is 7.60. The quantitative estimate of drug-likeness (QED) is 0.719. The van der Waals surface area contributed by atoms with Crippen molar-refractivity contribution in [1.82, 2.24) is 20.0 Å². The number of rotatable bonds is 5. The van der Waals surface area contributed by atoms with Gasteiger partial charge in [-0.3, -0.25) is 14.9 Å². The van der Waals surface area contributed by atoms with Gasteiger partial charge in [0.05, 0.1) is 11.9 Å². The maximum Gasteiger partial charge on any atom is 0.0570 e. The molecule has 1 aliphatic rings. The number of H-pyrrole nitrogens is 1. The largest absolute Gasteiger partial charge is 0.296 e. The lowest BCUT2D eigenvalue weighted by Gasteiger charge is -2.39. The lowest BCUT2D eigenvalue weighted by atomic mass is 10.0. The molecule has 0 saturated carbocycles. The van der Waals surface area contributed by atoms with Crippen LogP contribution in [-0.4, -0.2) is 45.7 Å². The molecule has 2 heterocycles. The Morgan fingerprint density at radius 2 is 1.75 bits per heavy atom. The van der Waals surface area contributed by atoms with E-state index < -0.39 is 0 Å². The number of piperazine rings is 1. The van der Waals surface area contributed by atoms with E-state index in [-0.39, 0.29) is 0 Å². The van der Waals surface area contributed by atoms with Gasteiger partial charge in [0.2, 0.25) is 0 Å². The average molecular weight is 375 g/mol. The van der Waals surface area contributed by atoms with Gasteiger partial charge in [-0.25, -0.2) is 0 Å². The van der Waals surface area contributed by atoms with E-state index >= 15 is 0 Å². The molecule has 2 aromatic carbocycles. The molecule has 4 rings (SSSR count). The monoisotopic (exact) mass is 374 g/mol. The minimum absolute atomic E-state index is 0.521. The fraction of sp³-hybridized carbons (Fsp3) is 0.375. The summed E-state index contributed by atoms with van der Waals surface area (Å²) >= 11 is 0. The molecule has 28 heavy (non-hydrogen) atoms. The average Bonchev–Trinajstić information content (AvgIpc) is 3.14. The molecule has 0 spiro atoms. The summed E-state index contributed by atoms with van der Waals surface area (Å²) in [5.41, 5.74) is 7.74. The van der Waals surface area contributed by atoms with Gasteiger partial charge in [-0.1, -0.05) is 54.1 Å². The van der Waals surface area contributed by atoms with E-state index in [0.29, 0.717) is 6.04 Å². The highest BCUT2D eigenvalue weighted by atomic mass is 15.3. The minimum Gasteiger partial charge on any atom is -0.296 e. The Kier molecular flexibility index (Phi) is 5.60. The first-order chi connectivity index (χ1) is 13.6. The second-order valence-corrected chi connectivity index (χ2v) is 8.12. The number of benzene rings is 2. The van der Waals surface area contributed by atoms with Gasteiger partial charge in [0.1, 0.15) is 0 Å². The fourth-order valence-electron chi connectivity index (χ4n) is 4.14. The van der Waals surface area contributed by atoms with Crippen LogP contribution >= 0.6 is 0 Å². The van der Waals surface area contributed by atoms with E-state index in [0.717, 1.165) is 32.7 Å². The second kappa shape index (κ2) is 8.29. The predicted octanol–water partition coefficient (Wildman–Crippen LogP) is 4.40. The Balaban J connectivity index is 1.40. The molecule has 1 N–H and O–H groups in total. The smallest absolute Gasteiger partial charge is 0.0570 e. The molecule has 0 aliphatic carbocycles. The summed E-state index contributed by atoms with van der Waals surface area (Å²) in [6.45, 7) is 11.9. The standard InChI is InChI=1S/C24H30N4/c1-18-8-10-21(11-9-18)16-27-12-13-28(20(3)15-27)17-24-23(14-25-26-24)22-7-5-4-6-19(22)2/h4-11,14,20H,12-13,15-17H2,1-3H3,(H,25,26). The summed E-state index contributed by atoms with van der Waals surface area (Å²) in [7, 11) is 0. The van der Waals surface area contributed by atoms with Crippen molar-refractivity contribution >= 4 is 0 Å². The highest BCUT2D eigenvalue weighted by molar-refractivity contribution is 5.68. The molecule has 1 saturated heterocycles. The van der Waals surface area contributed by atoms with E-state index in [4.69, 9.17) is 0 Å². The summed E-state index contributed by atoms with van der Waals surface area (Å²) in [6, 6.07) is 18.0. The van der Waals surface area contributed by atoms with Crippen LogP contribution in [0.1, 0.15) is 29.3 Å². The highest BCUT2D eigenvalue weighted by Gasteiger charge is 2.25. The first-order valence-electron chi connectivity index (χ1n) is 10.2. The number of nitrogens with zero attached hydrogens (tertiary/aromatic N) is 3. The van der Waals surface area contributed by atoms with Crippen LogP contribution in [0.25, 0.3) is 11.1 Å². The summed E-state index contributed by atoms with van der Waals surface area (Å²) < 4.78 is 0. The Morgan fingerprint density at radius 1 is 0.964 bits per heavy atom. The normalized spacial score (nSPS) is 18.5. The Labute approximate surface area is 168 Å². The second-order valence-electron chi connectivity index (χ2n) is 8.12. The summed E-state index contributed by atoms with van der Waals surface area (Å²) in [6.07, 6.45) is 1.97.